The van der Waals surface area contributed by atoms with Gasteiger partial charge in [-0.25, -0.2) is 0 Å². The quantitative estimate of drug-likeness (QED) is 0.120. The molecule has 5 unspecified atom stereocenters. The molecule has 0 aromatic carbocycles. The first-order chi connectivity index (χ1) is 16.9. The molecule has 210 valence electrons. The lowest BCUT2D eigenvalue weighted by molar-refractivity contribution is -0.127. The SMILES string of the molecule is CCCCCCCCC1C(CCCCCCC(C)(CCCC)C(N)=O)C2(Cl)C(Cl)=C(Cl)C1(Cl)C2(Cl)Cl. The molecule has 8 heteroatoms. The Morgan fingerprint density at radius 2 is 1.11 bits per heavy atom. The maximum absolute atomic E-state index is 12.0. The first-order valence-corrected chi connectivity index (χ1v) is 16.2. The first-order valence-electron chi connectivity index (χ1n) is 14.0. The van der Waals surface area contributed by atoms with Crippen molar-refractivity contribution in [3.8, 4) is 0 Å². The molecule has 0 aromatic heterocycles. The van der Waals surface area contributed by atoms with Crippen LogP contribution in [0, 0.1) is 17.3 Å². The molecule has 1 amide bonds. The molecule has 2 N–H and O–H groups in total. The van der Waals surface area contributed by atoms with Gasteiger partial charge < -0.3 is 5.73 Å². The van der Waals surface area contributed by atoms with Crippen LogP contribution in [0.5, 0.6) is 0 Å². The monoisotopic (exact) mass is 621 g/mol. The molecule has 1 fully saturated rings. The fraction of sp³-hybridized carbons (Fsp3) is 0.893. The van der Waals surface area contributed by atoms with Gasteiger partial charge in [-0.3, -0.25) is 4.79 Å². The molecular weight excluding hydrogens is 579 g/mol. The Kier molecular flexibility index (Phi) is 12.9. The molecule has 0 saturated heterocycles. The van der Waals surface area contributed by atoms with E-state index >= 15 is 0 Å². The Hall–Kier alpha value is 0.950. The largest absolute Gasteiger partial charge is 0.369 e. The summed E-state index contributed by atoms with van der Waals surface area (Å²) in [5.41, 5.74) is 5.30. The Bertz CT molecular complexity index is 773. The molecule has 0 radical (unpaired) electrons. The van der Waals surface area contributed by atoms with Gasteiger partial charge in [-0.1, -0.05) is 144 Å². The minimum Gasteiger partial charge on any atom is -0.369 e. The summed E-state index contributed by atoms with van der Waals surface area (Å²) in [4.78, 5) is 9.68. The average molecular weight is 624 g/mol. The van der Waals surface area contributed by atoms with Crippen LogP contribution in [0.25, 0.3) is 0 Å². The van der Waals surface area contributed by atoms with Crippen molar-refractivity contribution >= 4 is 75.5 Å². The fourth-order valence-electron chi connectivity index (χ4n) is 6.32. The zero-order valence-electron chi connectivity index (χ0n) is 22.2. The number of nitrogens with two attached hydrogens (primary N) is 1. The summed E-state index contributed by atoms with van der Waals surface area (Å²) in [5.74, 6) is -0.261. The smallest absolute Gasteiger partial charge is 0.223 e. The number of hydrogen-bond acceptors (Lipinski definition) is 1. The molecule has 0 spiro atoms. The maximum atomic E-state index is 12.0. The van der Waals surface area contributed by atoms with Crippen LogP contribution in [-0.2, 0) is 4.79 Å². The average Bonchev–Trinajstić information content (AvgIpc) is 3.02. The topological polar surface area (TPSA) is 43.1 Å². The number of carbonyl (C=O) groups excluding carboxylic acids is 1. The van der Waals surface area contributed by atoms with Crippen molar-refractivity contribution in [2.24, 2.45) is 23.0 Å². The molecule has 0 aromatic rings. The summed E-state index contributed by atoms with van der Waals surface area (Å²) >= 11 is 41.5. The van der Waals surface area contributed by atoms with Gasteiger partial charge in [-0.2, -0.15) is 0 Å². The van der Waals surface area contributed by atoms with E-state index in [4.69, 9.17) is 75.3 Å². The number of allylic oxidation sites excluding steroid dienone is 2. The van der Waals surface area contributed by atoms with E-state index in [0.29, 0.717) is 10.1 Å². The van der Waals surface area contributed by atoms with Crippen LogP contribution in [-0.4, -0.2) is 20.0 Å². The Labute approximate surface area is 249 Å². The lowest BCUT2D eigenvalue weighted by Gasteiger charge is -2.37. The van der Waals surface area contributed by atoms with Crippen LogP contribution in [0.3, 0.4) is 0 Å². The van der Waals surface area contributed by atoms with Crippen LogP contribution in [0.2, 0.25) is 0 Å². The predicted molar refractivity (Wildman–Crippen MR) is 160 cm³/mol. The number of unbranched alkanes of at least 4 members (excludes halogenated alkanes) is 9. The Morgan fingerprint density at radius 3 is 1.56 bits per heavy atom. The minimum atomic E-state index is -1.46. The van der Waals surface area contributed by atoms with Gasteiger partial charge in [0.1, 0.15) is 9.75 Å². The lowest BCUT2D eigenvalue weighted by atomic mass is 9.76. The third-order valence-corrected chi connectivity index (χ3v) is 13.1. The van der Waals surface area contributed by atoms with Gasteiger partial charge in [0, 0.05) is 5.41 Å². The number of fused-ring (bicyclic) bond motifs is 2. The van der Waals surface area contributed by atoms with Crippen LogP contribution in [0.1, 0.15) is 124 Å². The second-order valence-corrected chi connectivity index (χ2v) is 14.7. The first kappa shape index (κ1) is 33.2. The van der Waals surface area contributed by atoms with Crippen molar-refractivity contribution < 1.29 is 4.79 Å². The van der Waals surface area contributed by atoms with E-state index in [1.54, 1.807) is 0 Å². The van der Waals surface area contributed by atoms with E-state index in [-0.39, 0.29) is 17.7 Å². The number of hydrogen-bond donors (Lipinski definition) is 1. The molecule has 0 heterocycles. The maximum Gasteiger partial charge on any atom is 0.223 e. The van der Waals surface area contributed by atoms with Gasteiger partial charge in [0.2, 0.25) is 5.91 Å². The normalized spacial score (nSPS) is 30.7. The molecule has 36 heavy (non-hydrogen) atoms. The van der Waals surface area contributed by atoms with Gasteiger partial charge in [0.05, 0.1) is 10.1 Å². The van der Waals surface area contributed by atoms with Crippen molar-refractivity contribution in [1.82, 2.24) is 0 Å². The van der Waals surface area contributed by atoms with E-state index in [2.05, 4.69) is 13.8 Å². The van der Waals surface area contributed by atoms with Crippen molar-refractivity contribution in [3.63, 3.8) is 0 Å². The predicted octanol–water partition coefficient (Wildman–Crippen LogP) is 10.8. The van der Waals surface area contributed by atoms with Gasteiger partial charge in [-0.05, 0) is 37.5 Å². The summed E-state index contributed by atoms with van der Waals surface area (Å²) in [6.07, 6.45) is 16.6. The third-order valence-electron chi connectivity index (χ3n) is 8.79. The zero-order valence-corrected chi connectivity index (χ0v) is 26.8. The highest BCUT2D eigenvalue weighted by atomic mass is 35.5. The Balaban J connectivity index is 1.99. The van der Waals surface area contributed by atoms with E-state index < -0.39 is 19.5 Å². The van der Waals surface area contributed by atoms with Gasteiger partial charge in [-0.15, -0.1) is 23.2 Å². The van der Waals surface area contributed by atoms with Crippen molar-refractivity contribution in [3.05, 3.63) is 10.1 Å². The fourth-order valence-corrected chi connectivity index (χ4v) is 9.47. The number of rotatable bonds is 18. The molecule has 2 aliphatic rings. The molecule has 2 aliphatic carbocycles. The molecule has 2 nitrogen and oxygen atoms in total. The third kappa shape index (κ3) is 6.30. The standard InChI is InChI=1S/C28H45Cl6NO/c1-4-6-8-9-10-13-16-20-21(27(32)23(30)22(29)26(20,31)28(27,33)34)17-14-11-12-15-19-25(3,24(35)36)18-7-5-2/h20-21H,4-19H2,1-3H3,(H2,35,36). The van der Waals surface area contributed by atoms with Crippen LogP contribution < -0.4 is 5.73 Å². The minimum absolute atomic E-state index is 0.0277. The molecule has 5 atom stereocenters. The Morgan fingerprint density at radius 1 is 0.722 bits per heavy atom. The van der Waals surface area contributed by atoms with E-state index in [1.807, 2.05) is 6.92 Å². The zero-order chi connectivity index (χ0) is 27.2. The van der Waals surface area contributed by atoms with Crippen molar-refractivity contribution in [1.29, 1.82) is 0 Å². The summed E-state index contributed by atoms with van der Waals surface area (Å²) in [7, 11) is 0. The van der Waals surface area contributed by atoms with Crippen LogP contribution >= 0.6 is 69.6 Å². The number of amides is 1. The summed E-state index contributed by atoms with van der Waals surface area (Å²) in [6.45, 7) is 6.36. The molecule has 2 bridgehead atoms. The summed E-state index contributed by atoms with van der Waals surface area (Å²) in [5, 5.41) is 0.624. The highest BCUT2D eigenvalue weighted by Gasteiger charge is 2.81. The van der Waals surface area contributed by atoms with E-state index in [0.717, 1.165) is 77.0 Å². The number of carbonyl (C=O) groups is 1. The van der Waals surface area contributed by atoms with E-state index in [9.17, 15) is 4.79 Å². The van der Waals surface area contributed by atoms with Crippen molar-refractivity contribution in [2.45, 2.75) is 138 Å². The highest BCUT2D eigenvalue weighted by Crippen LogP contribution is 2.77. The molecule has 2 rings (SSSR count). The van der Waals surface area contributed by atoms with Crippen molar-refractivity contribution in [2.75, 3.05) is 0 Å². The number of halogens is 6. The number of alkyl halides is 4. The highest BCUT2D eigenvalue weighted by molar-refractivity contribution is 6.65. The molecule has 1 saturated carbocycles. The van der Waals surface area contributed by atoms with E-state index in [1.165, 1.54) is 25.7 Å². The summed E-state index contributed by atoms with van der Waals surface area (Å²) < 4.78 is -1.46. The van der Waals surface area contributed by atoms with Crippen LogP contribution in [0.15, 0.2) is 10.1 Å². The van der Waals surface area contributed by atoms with Gasteiger partial charge >= 0.3 is 0 Å². The molecule has 0 aliphatic heterocycles. The lowest BCUT2D eigenvalue weighted by Crippen LogP contribution is -2.44. The van der Waals surface area contributed by atoms with Gasteiger partial charge in [0.15, 0.2) is 4.33 Å². The van der Waals surface area contributed by atoms with Crippen LogP contribution in [0.4, 0.5) is 0 Å². The molecular formula is C28H45Cl6NO. The second kappa shape index (κ2) is 14.0. The second-order valence-electron chi connectivity index (χ2n) is 11.4. The van der Waals surface area contributed by atoms with Gasteiger partial charge in [0.25, 0.3) is 0 Å². The summed E-state index contributed by atoms with van der Waals surface area (Å²) in [6, 6.07) is 0. The number of primary amides is 1.